The molecule has 22 heavy (non-hydrogen) atoms. The molecule has 0 spiro atoms. The van der Waals surface area contributed by atoms with E-state index in [-0.39, 0.29) is 0 Å². The minimum absolute atomic E-state index is 0.577. The van der Waals surface area contributed by atoms with Crippen molar-refractivity contribution in [2.24, 2.45) is 5.16 Å². The van der Waals surface area contributed by atoms with Crippen molar-refractivity contribution >= 4 is 11.9 Å². The summed E-state index contributed by atoms with van der Waals surface area (Å²) in [5.41, 5.74) is 10.1. The van der Waals surface area contributed by atoms with Gasteiger partial charge in [0.05, 0.1) is 12.8 Å². The van der Waals surface area contributed by atoms with Gasteiger partial charge in [-0.25, -0.2) is 0 Å². The number of aryl methyl sites for hydroxylation is 2. The molecule has 0 radical (unpaired) electrons. The molecular weight excluding hydrogens is 278 g/mol. The Kier molecular flexibility index (Phi) is 5.36. The number of hydrogen-bond acceptors (Lipinski definition) is 5. The molecule has 1 aromatic heterocycles. The van der Waals surface area contributed by atoms with Gasteiger partial charge < -0.3 is 15.7 Å². The number of aromatic nitrogens is 1. The van der Waals surface area contributed by atoms with E-state index in [1.807, 2.05) is 38.1 Å². The molecule has 0 fully saturated rings. The summed E-state index contributed by atoms with van der Waals surface area (Å²) in [4.78, 5) is 4.29. The topological polar surface area (TPSA) is 80.7 Å². The van der Waals surface area contributed by atoms with Gasteiger partial charge in [0.2, 0.25) is 0 Å². The monoisotopic (exact) mass is 299 g/mol. The normalized spacial score (nSPS) is 11.0. The molecule has 2 rings (SSSR count). The number of nitrogens with zero attached hydrogens (tertiary/aromatic N) is 2. The van der Waals surface area contributed by atoms with Crippen LogP contribution in [0.15, 0.2) is 35.6 Å². The predicted octanol–water partition coefficient (Wildman–Crippen LogP) is 3.10. The molecule has 5 heteroatoms. The SMILES string of the molecule is Cc1cc(N)c(/C=N\O)c(C)c1OCCCc1ccccn1. The Balaban J connectivity index is 2.02. The third-order valence-corrected chi connectivity index (χ3v) is 3.52. The van der Waals surface area contributed by atoms with E-state index in [0.717, 1.165) is 35.4 Å². The van der Waals surface area contributed by atoms with Crippen LogP contribution in [0, 0.1) is 13.8 Å². The summed E-state index contributed by atoms with van der Waals surface area (Å²) in [6.07, 6.45) is 4.89. The summed E-state index contributed by atoms with van der Waals surface area (Å²) in [7, 11) is 0. The molecule has 0 saturated heterocycles. The van der Waals surface area contributed by atoms with Crippen LogP contribution in [0.1, 0.15) is 28.8 Å². The molecule has 0 bridgehead atoms. The number of benzene rings is 1. The number of oxime groups is 1. The lowest BCUT2D eigenvalue weighted by Crippen LogP contribution is -2.06. The Bertz CT molecular complexity index is 655. The number of nitrogen functional groups attached to an aromatic ring is 1. The van der Waals surface area contributed by atoms with Crippen LogP contribution in [-0.2, 0) is 6.42 Å². The minimum atomic E-state index is 0.577. The average Bonchev–Trinajstić information content (AvgIpc) is 2.51. The van der Waals surface area contributed by atoms with Crippen LogP contribution in [-0.4, -0.2) is 23.0 Å². The lowest BCUT2D eigenvalue weighted by Gasteiger charge is -2.15. The van der Waals surface area contributed by atoms with Crippen molar-refractivity contribution in [1.82, 2.24) is 4.98 Å². The lowest BCUT2D eigenvalue weighted by atomic mass is 10.0. The van der Waals surface area contributed by atoms with Gasteiger partial charge in [0, 0.05) is 28.7 Å². The third-order valence-electron chi connectivity index (χ3n) is 3.52. The largest absolute Gasteiger partial charge is 0.493 e. The summed E-state index contributed by atoms with van der Waals surface area (Å²) in [6, 6.07) is 7.73. The van der Waals surface area contributed by atoms with Crippen molar-refractivity contribution in [1.29, 1.82) is 0 Å². The molecule has 116 valence electrons. The van der Waals surface area contributed by atoms with E-state index < -0.39 is 0 Å². The number of nitrogens with two attached hydrogens (primary N) is 1. The molecule has 1 heterocycles. The highest BCUT2D eigenvalue weighted by atomic mass is 16.5. The smallest absolute Gasteiger partial charge is 0.125 e. The van der Waals surface area contributed by atoms with E-state index in [1.165, 1.54) is 6.21 Å². The fraction of sp³-hybridized carbons (Fsp3) is 0.294. The maximum Gasteiger partial charge on any atom is 0.125 e. The second-order valence-electron chi connectivity index (χ2n) is 5.17. The second-order valence-corrected chi connectivity index (χ2v) is 5.17. The zero-order valence-electron chi connectivity index (χ0n) is 12.9. The van der Waals surface area contributed by atoms with Crippen LogP contribution in [0.4, 0.5) is 5.69 Å². The number of rotatable bonds is 6. The van der Waals surface area contributed by atoms with Crippen molar-refractivity contribution in [2.75, 3.05) is 12.3 Å². The minimum Gasteiger partial charge on any atom is -0.493 e. The summed E-state index contributed by atoms with van der Waals surface area (Å²) in [6.45, 7) is 4.46. The molecular formula is C17H21N3O2. The van der Waals surface area contributed by atoms with Gasteiger partial charge in [-0.05, 0) is 50.5 Å². The number of anilines is 1. The predicted molar refractivity (Wildman–Crippen MR) is 87.8 cm³/mol. The van der Waals surface area contributed by atoms with Crippen molar-refractivity contribution in [3.05, 3.63) is 52.8 Å². The van der Waals surface area contributed by atoms with Crippen LogP contribution in [0.5, 0.6) is 5.75 Å². The van der Waals surface area contributed by atoms with Crippen molar-refractivity contribution in [3.8, 4) is 5.75 Å². The summed E-state index contributed by atoms with van der Waals surface area (Å²) in [5.74, 6) is 0.796. The first-order chi connectivity index (χ1) is 10.6. The highest BCUT2D eigenvalue weighted by Crippen LogP contribution is 2.30. The van der Waals surface area contributed by atoms with E-state index in [0.29, 0.717) is 17.9 Å². The Hall–Kier alpha value is -2.56. The highest BCUT2D eigenvalue weighted by molar-refractivity contribution is 5.90. The zero-order chi connectivity index (χ0) is 15.9. The average molecular weight is 299 g/mol. The van der Waals surface area contributed by atoms with Gasteiger partial charge >= 0.3 is 0 Å². The third kappa shape index (κ3) is 3.75. The van der Waals surface area contributed by atoms with Crippen molar-refractivity contribution in [3.63, 3.8) is 0 Å². The van der Waals surface area contributed by atoms with E-state index in [2.05, 4.69) is 10.1 Å². The first-order valence-corrected chi connectivity index (χ1v) is 7.23. The van der Waals surface area contributed by atoms with Gasteiger partial charge in [-0.3, -0.25) is 4.98 Å². The lowest BCUT2D eigenvalue weighted by molar-refractivity contribution is 0.306. The molecule has 0 amide bonds. The maximum atomic E-state index is 8.74. The van der Waals surface area contributed by atoms with E-state index in [4.69, 9.17) is 15.7 Å². The second kappa shape index (κ2) is 7.45. The van der Waals surface area contributed by atoms with Gasteiger partial charge in [0.25, 0.3) is 0 Å². The van der Waals surface area contributed by atoms with E-state index in [1.54, 1.807) is 6.20 Å². The van der Waals surface area contributed by atoms with Crippen LogP contribution in [0.25, 0.3) is 0 Å². The Labute approximate surface area is 130 Å². The fourth-order valence-corrected chi connectivity index (χ4v) is 2.44. The van der Waals surface area contributed by atoms with Crippen LogP contribution < -0.4 is 10.5 Å². The number of hydrogen-bond donors (Lipinski definition) is 2. The quantitative estimate of drug-likeness (QED) is 0.282. The van der Waals surface area contributed by atoms with E-state index >= 15 is 0 Å². The molecule has 0 unspecified atom stereocenters. The Morgan fingerprint density at radius 1 is 1.36 bits per heavy atom. The van der Waals surface area contributed by atoms with Crippen molar-refractivity contribution in [2.45, 2.75) is 26.7 Å². The molecule has 3 N–H and O–H groups in total. The molecule has 1 aromatic carbocycles. The first kappa shape index (κ1) is 15.8. The fourth-order valence-electron chi connectivity index (χ4n) is 2.44. The Morgan fingerprint density at radius 3 is 2.86 bits per heavy atom. The summed E-state index contributed by atoms with van der Waals surface area (Å²) in [5, 5.41) is 11.8. The molecule has 0 atom stereocenters. The molecule has 5 nitrogen and oxygen atoms in total. The number of ether oxygens (including phenoxy) is 1. The first-order valence-electron chi connectivity index (χ1n) is 7.23. The van der Waals surface area contributed by atoms with Crippen LogP contribution in [0.2, 0.25) is 0 Å². The van der Waals surface area contributed by atoms with Gasteiger partial charge in [-0.1, -0.05) is 11.2 Å². The van der Waals surface area contributed by atoms with Gasteiger partial charge in [-0.15, -0.1) is 0 Å². The number of pyridine rings is 1. The molecule has 0 aliphatic rings. The molecule has 0 aliphatic heterocycles. The van der Waals surface area contributed by atoms with Gasteiger partial charge in [0.1, 0.15) is 5.75 Å². The Morgan fingerprint density at radius 2 is 2.18 bits per heavy atom. The van der Waals surface area contributed by atoms with Crippen LogP contribution >= 0.6 is 0 Å². The summed E-state index contributed by atoms with van der Waals surface area (Å²) >= 11 is 0. The van der Waals surface area contributed by atoms with Crippen LogP contribution in [0.3, 0.4) is 0 Å². The maximum absolute atomic E-state index is 8.74. The highest BCUT2D eigenvalue weighted by Gasteiger charge is 2.11. The molecule has 0 aliphatic carbocycles. The standard InChI is InChI=1S/C17H21N3O2/c1-12-10-16(18)15(11-20-21)13(2)17(12)22-9-5-7-14-6-3-4-8-19-14/h3-4,6,8,10-11,21H,5,7,9,18H2,1-2H3/b20-11-. The summed E-state index contributed by atoms with van der Waals surface area (Å²) < 4.78 is 5.90. The van der Waals surface area contributed by atoms with E-state index in [9.17, 15) is 0 Å². The molecule has 0 saturated carbocycles. The molecule has 2 aromatic rings. The van der Waals surface area contributed by atoms with Gasteiger partial charge in [-0.2, -0.15) is 0 Å². The zero-order valence-corrected chi connectivity index (χ0v) is 12.9. The van der Waals surface area contributed by atoms with Gasteiger partial charge in [0.15, 0.2) is 0 Å². The van der Waals surface area contributed by atoms with Crippen molar-refractivity contribution < 1.29 is 9.94 Å².